The van der Waals surface area contributed by atoms with Crippen molar-refractivity contribution in [3.63, 3.8) is 0 Å². The second-order valence-corrected chi connectivity index (χ2v) is 9.35. The van der Waals surface area contributed by atoms with Crippen LogP contribution in [0.5, 0.6) is 11.5 Å². The van der Waals surface area contributed by atoms with Crippen LogP contribution in [0.3, 0.4) is 0 Å². The van der Waals surface area contributed by atoms with E-state index in [9.17, 15) is 4.79 Å². The molecule has 0 spiro atoms. The Morgan fingerprint density at radius 1 is 1.12 bits per heavy atom. The number of pyridine rings is 1. The van der Waals surface area contributed by atoms with E-state index in [2.05, 4.69) is 48.0 Å². The van der Waals surface area contributed by atoms with Crippen molar-refractivity contribution in [2.45, 2.75) is 33.0 Å². The van der Waals surface area contributed by atoms with Gasteiger partial charge in [-0.1, -0.05) is 50.2 Å². The van der Waals surface area contributed by atoms with E-state index < -0.39 is 6.10 Å². The normalized spacial score (nSPS) is 17.9. The van der Waals surface area contributed by atoms with E-state index in [4.69, 9.17) is 14.2 Å². The van der Waals surface area contributed by atoms with E-state index in [1.165, 1.54) is 0 Å². The van der Waals surface area contributed by atoms with E-state index in [1.807, 2.05) is 29.2 Å². The minimum absolute atomic E-state index is 0.0317. The number of hydrogen-bond donors (Lipinski definition) is 0. The Labute approximate surface area is 200 Å². The molecule has 0 bridgehead atoms. The fourth-order valence-electron chi connectivity index (χ4n) is 4.73. The molecular weight excluding hydrogens is 430 g/mol. The van der Waals surface area contributed by atoms with E-state index in [0.717, 1.165) is 40.1 Å². The molecule has 0 saturated carbocycles. The summed E-state index contributed by atoms with van der Waals surface area (Å²) in [5, 5.41) is 1.08. The molecule has 7 nitrogen and oxygen atoms in total. The maximum Gasteiger partial charge on any atom is 0.253 e. The number of nitrogens with zero attached hydrogens (tertiary/aromatic N) is 3. The molecule has 3 aromatic rings. The van der Waals surface area contributed by atoms with Crippen molar-refractivity contribution in [2.24, 2.45) is 5.92 Å². The SMILES string of the molecule is CC(C)CN(Cc1cccc2cccnc12)C(=O)[C@H]1CN(Cc2cccc3c2OCO3)CCO1. The summed E-state index contributed by atoms with van der Waals surface area (Å²) in [6.45, 7) is 8.23. The third kappa shape index (κ3) is 4.86. The Balaban J connectivity index is 1.31. The molecule has 34 heavy (non-hydrogen) atoms. The minimum Gasteiger partial charge on any atom is -0.454 e. The van der Waals surface area contributed by atoms with Crippen LogP contribution in [0.25, 0.3) is 10.9 Å². The lowest BCUT2D eigenvalue weighted by atomic mass is 10.1. The molecule has 1 amide bonds. The maximum atomic E-state index is 13.7. The summed E-state index contributed by atoms with van der Waals surface area (Å²) in [7, 11) is 0. The molecule has 3 heterocycles. The molecule has 178 valence electrons. The Kier molecular flexibility index (Phi) is 6.65. The molecule has 0 N–H and O–H groups in total. The Morgan fingerprint density at radius 2 is 1.94 bits per heavy atom. The largest absolute Gasteiger partial charge is 0.454 e. The van der Waals surface area contributed by atoms with Gasteiger partial charge in [-0.3, -0.25) is 14.7 Å². The van der Waals surface area contributed by atoms with Crippen molar-refractivity contribution in [2.75, 3.05) is 33.0 Å². The first kappa shape index (κ1) is 22.6. The molecule has 1 aromatic heterocycles. The van der Waals surface area contributed by atoms with Crippen molar-refractivity contribution < 1.29 is 19.0 Å². The Hall–Kier alpha value is -3.16. The van der Waals surface area contributed by atoms with Crippen molar-refractivity contribution in [1.29, 1.82) is 0 Å². The van der Waals surface area contributed by atoms with Gasteiger partial charge in [0, 0.05) is 49.9 Å². The Bertz CT molecular complexity index is 1160. The molecule has 0 aliphatic carbocycles. The van der Waals surface area contributed by atoms with Crippen molar-refractivity contribution in [3.8, 4) is 11.5 Å². The van der Waals surface area contributed by atoms with Gasteiger partial charge >= 0.3 is 0 Å². The third-order valence-electron chi connectivity index (χ3n) is 6.27. The molecule has 1 fully saturated rings. The highest BCUT2D eigenvalue weighted by atomic mass is 16.7. The van der Waals surface area contributed by atoms with Gasteiger partial charge in [0.1, 0.15) is 6.10 Å². The number of para-hydroxylation sites is 2. The van der Waals surface area contributed by atoms with Crippen LogP contribution in [0.1, 0.15) is 25.0 Å². The summed E-state index contributed by atoms with van der Waals surface area (Å²) >= 11 is 0. The van der Waals surface area contributed by atoms with Crippen molar-refractivity contribution in [3.05, 3.63) is 65.9 Å². The van der Waals surface area contributed by atoms with Crippen LogP contribution in [-0.4, -0.2) is 59.8 Å². The van der Waals surface area contributed by atoms with Gasteiger partial charge in [-0.05, 0) is 23.6 Å². The second-order valence-electron chi connectivity index (χ2n) is 9.35. The summed E-state index contributed by atoms with van der Waals surface area (Å²) in [5.74, 6) is 1.96. The fourth-order valence-corrected chi connectivity index (χ4v) is 4.73. The van der Waals surface area contributed by atoms with E-state index in [0.29, 0.717) is 38.7 Å². The molecule has 7 heteroatoms. The molecule has 0 unspecified atom stereocenters. The van der Waals surface area contributed by atoms with Crippen LogP contribution < -0.4 is 9.47 Å². The lowest BCUT2D eigenvalue weighted by Crippen LogP contribution is -2.51. The first-order chi connectivity index (χ1) is 16.6. The summed E-state index contributed by atoms with van der Waals surface area (Å²) < 4.78 is 17.2. The quantitative estimate of drug-likeness (QED) is 0.533. The first-order valence-corrected chi connectivity index (χ1v) is 11.9. The number of fused-ring (bicyclic) bond motifs is 2. The maximum absolute atomic E-state index is 13.7. The lowest BCUT2D eigenvalue weighted by Gasteiger charge is -2.35. The van der Waals surface area contributed by atoms with Gasteiger partial charge in [-0.2, -0.15) is 0 Å². The van der Waals surface area contributed by atoms with Gasteiger partial charge in [0.15, 0.2) is 11.5 Å². The molecule has 5 rings (SSSR count). The first-order valence-electron chi connectivity index (χ1n) is 11.9. The number of rotatable bonds is 7. The smallest absolute Gasteiger partial charge is 0.253 e. The summed E-state index contributed by atoms with van der Waals surface area (Å²) in [5.41, 5.74) is 3.07. The summed E-state index contributed by atoms with van der Waals surface area (Å²) in [6, 6.07) is 16.1. The van der Waals surface area contributed by atoms with Gasteiger partial charge < -0.3 is 19.1 Å². The fraction of sp³-hybridized carbons (Fsp3) is 0.407. The highest BCUT2D eigenvalue weighted by Gasteiger charge is 2.31. The van der Waals surface area contributed by atoms with Gasteiger partial charge in [-0.15, -0.1) is 0 Å². The lowest BCUT2D eigenvalue weighted by molar-refractivity contribution is -0.151. The Morgan fingerprint density at radius 3 is 2.82 bits per heavy atom. The average Bonchev–Trinajstić information content (AvgIpc) is 3.33. The van der Waals surface area contributed by atoms with E-state index >= 15 is 0 Å². The molecule has 2 aliphatic heterocycles. The zero-order valence-corrected chi connectivity index (χ0v) is 19.8. The van der Waals surface area contributed by atoms with Crippen LogP contribution in [0, 0.1) is 5.92 Å². The molecule has 0 radical (unpaired) electrons. The second kappa shape index (κ2) is 9.99. The topological polar surface area (TPSA) is 64.1 Å². The molecule has 1 saturated heterocycles. The zero-order valence-electron chi connectivity index (χ0n) is 19.8. The van der Waals surface area contributed by atoms with E-state index in [1.54, 1.807) is 6.20 Å². The standard InChI is InChI=1S/C27H31N3O4/c1-19(2)14-30(16-21-7-3-6-20-9-5-11-28-25(20)21)27(31)24-17-29(12-13-32-24)15-22-8-4-10-23-26(22)34-18-33-23/h3-11,19,24H,12-18H2,1-2H3/t24-/m1/s1. The van der Waals surface area contributed by atoms with Crippen LogP contribution in [0.2, 0.25) is 0 Å². The number of hydrogen-bond acceptors (Lipinski definition) is 6. The summed E-state index contributed by atoms with van der Waals surface area (Å²) in [6.07, 6.45) is 1.31. The van der Waals surface area contributed by atoms with Crippen molar-refractivity contribution >= 4 is 16.8 Å². The van der Waals surface area contributed by atoms with Crippen LogP contribution in [0.15, 0.2) is 54.7 Å². The number of amides is 1. The zero-order chi connectivity index (χ0) is 23.5. The highest BCUT2D eigenvalue weighted by molar-refractivity contribution is 5.84. The van der Waals surface area contributed by atoms with Gasteiger partial charge in [-0.25, -0.2) is 0 Å². The number of aromatic nitrogens is 1. The molecule has 2 aromatic carbocycles. The number of carbonyl (C=O) groups excluding carboxylic acids is 1. The number of ether oxygens (including phenoxy) is 3. The van der Waals surface area contributed by atoms with Gasteiger partial charge in [0.25, 0.3) is 5.91 Å². The molecule has 1 atom stereocenters. The van der Waals surface area contributed by atoms with Gasteiger partial charge in [0.2, 0.25) is 6.79 Å². The predicted molar refractivity (Wildman–Crippen MR) is 130 cm³/mol. The number of carbonyl (C=O) groups is 1. The highest BCUT2D eigenvalue weighted by Crippen LogP contribution is 2.36. The minimum atomic E-state index is -0.496. The number of benzene rings is 2. The van der Waals surface area contributed by atoms with E-state index in [-0.39, 0.29) is 12.7 Å². The van der Waals surface area contributed by atoms with Gasteiger partial charge in [0.05, 0.1) is 12.1 Å². The molecular formula is C27H31N3O4. The average molecular weight is 462 g/mol. The predicted octanol–water partition coefficient (Wildman–Crippen LogP) is 3.85. The monoisotopic (exact) mass is 461 g/mol. The van der Waals surface area contributed by atoms with Crippen LogP contribution in [-0.2, 0) is 22.6 Å². The molecule has 2 aliphatic rings. The third-order valence-corrected chi connectivity index (χ3v) is 6.27. The summed E-state index contributed by atoms with van der Waals surface area (Å²) in [4.78, 5) is 22.4. The number of morpholine rings is 1. The van der Waals surface area contributed by atoms with Crippen LogP contribution >= 0.6 is 0 Å². The van der Waals surface area contributed by atoms with Crippen molar-refractivity contribution in [1.82, 2.24) is 14.8 Å². The van der Waals surface area contributed by atoms with Crippen LogP contribution in [0.4, 0.5) is 0 Å².